The Morgan fingerprint density at radius 1 is 1.14 bits per heavy atom. The molecule has 0 N–H and O–H groups in total. The Hall–Kier alpha value is -0.580. The van der Waals surface area contributed by atoms with Crippen LogP contribution in [0.15, 0.2) is 0 Å². The molecule has 5 heteroatoms. The van der Waals surface area contributed by atoms with Crippen molar-refractivity contribution in [3.05, 3.63) is 0 Å². The van der Waals surface area contributed by atoms with E-state index < -0.39 is 18.4 Å². The van der Waals surface area contributed by atoms with Crippen LogP contribution in [-0.4, -0.2) is 36.5 Å². The van der Waals surface area contributed by atoms with Crippen molar-refractivity contribution in [1.29, 1.82) is 0 Å². The van der Waals surface area contributed by atoms with Gasteiger partial charge in [0.2, 0.25) is 5.78 Å². The molecule has 82 valence electrons. The highest BCUT2D eigenvalue weighted by Crippen LogP contribution is 2.18. The van der Waals surface area contributed by atoms with Gasteiger partial charge in [0.1, 0.15) is 0 Å². The lowest BCUT2D eigenvalue weighted by atomic mass is 10.1. The molecule has 0 amide bonds. The number of hydrogen-bond acceptors (Lipinski definition) is 2. The van der Waals surface area contributed by atoms with E-state index in [0.29, 0.717) is 0 Å². The molecule has 0 atom stereocenters. The smallest absolute Gasteiger partial charge is 0.303 e. The molecular weight excluding hydrogens is 195 g/mol. The van der Waals surface area contributed by atoms with Crippen molar-refractivity contribution in [2.45, 2.75) is 31.9 Å². The van der Waals surface area contributed by atoms with E-state index >= 15 is 0 Å². The average molecular weight is 209 g/mol. The van der Waals surface area contributed by atoms with E-state index in [0.717, 1.165) is 32.4 Å². The van der Waals surface area contributed by atoms with E-state index in [1.165, 1.54) is 0 Å². The molecule has 0 radical (unpaired) electrons. The number of Topliss-reactive ketones (excluding diaryl/α,β-unsaturated/α-hetero) is 1. The molecule has 1 aliphatic rings. The summed E-state index contributed by atoms with van der Waals surface area (Å²) in [6.45, 7) is 1.90. The first-order valence-electron chi connectivity index (χ1n) is 4.82. The van der Waals surface area contributed by atoms with Crippen LogP contribution in [0.2, 0.25) is 0 Å². The number of halogens is 3. The minimum Gasteiger partial charge on any atom is -0.303 e. The van der Waals surface area contributed by atoms with E-state index in [9.17, 15) is 18.0 Å². The van der Waals surface area contributed by atoms with E-state index in [1.54, 1.807) is 0 Å². The third-order valence-corrected chi connectivity index (χ3v) is 2.42. The number of carbonyl (C=O) groups excluding carboxylic acids is 1. The standard InChI is InChI=1S/C9H14F3NO/c10-9(11,12)8(14)4-7-13-5-2-1-3-6-13/h1-7H2. The summed E-state index contributed by atoms with van der Waals surface area (Å²) in [5.41, 5.74) is 0. The van der Waals surface area contributed by atoms with Crippen LogP contribution in [0.1, 0.15) is 25.7 Å². The van der Waals surface area contributed by atoms with E-state index in [4.69, 9.17) is 0 Å². The zero-order valence-electron chi connectivity index (χ0n) is 7.94. The van der Waals surface area contributed by atoms with Crippen LogP contribution < -0.4 is 0 Å². The number of ketones is 1. The topological polar surface area (TPSA) is 20.3 Å². The summed E-state index contributed by atoms with van der Waals surface area (Å²) in [6.07, 6.45) is -1.86. The van der Waals surface area contributed by atoms with Crippen LogP contribution in [0, 0.1) is 0 Å². The molecule has 2 nitrogen and oxygen atoms in total. The Bertz CT molecular complexity index is 197. The normalized spacial score (nSPS) is 19.6. The van der Waals surface area contributed by atoms with Crippen molar-refractivity contribution in [1.82, 2.24) is 4.90 Å². The fourth-order valence-electron chi connectivity index (χ4n) is 1.58. The Morgan fingerprint density at radius 3 is 2.21 bits per heavy atom. The first-order valence-corrected chi connectivity index (χ1v) is 4.82. The van der Waals surface area contributed by atoms with Crippen LogP contribution in [-0.2, 0) is 4.79 Å². The fourth-order valence-corrected chi connectivity index (χ4v) is 1.58. The Labute approximate surface area is 81.1 Å². The van der Waals surface area contributed by atoms with Gasteiger partial charge in [0.25, 0.3) is 0 Å². The Balaban J connectivity index is 2.22. The van der Waals surface area contributed by atoms with Crippen LogP contribution in [0.25, 0.3) is 0 Å². The molecule has 1 fully saturated rings. The molecule has 1 rings (SSSR count). The van der Waals surface area contributed by atoms with Gasteiger partial charge in [-0.2, -0.15) is 13.2 Å². The molecule has 0 bridgehead atoms. The second-order valence-corrected chi connectivity index (χ2v) is 3.57. The third-order valence-electron chi connectivity index (χ3n) is 2.42. The van der Waals surface area contributed by atoms with Gasteiger partial charge in [0, 0.05) is 13.0 Å². The van der Waals surface area contributed by atoms with Crippen molar-refractivity contribution < 1.29 is 18.0 Å². The molecule has 0 aromatic heterocycles. The summed E-state index contributed by atoms with van der Waals surface area (Å²) in [5.74, 6) is -1.61. The SMILES string of the molecule is O=C(CCN1CCCCC1)C(F)(F)F. The zero-order valence-corrected chi connectivity index (χ0v) is 7.94. The number of likely N-dealkylation sites (tertiary alicyclic amines) is 1. The van der Waals surface area contributed by atoms with Gasteiger partial charge in [-0.3, -0.25) is 4.79 Å². The first-order chi connectivity index (χ1) is 6.50. The maximum Gasteiger partial charge on any atom is 0.450 e. The monoisotopic (exact) mass is 209 g/mol. The highest BCUT2D eigenvalue weighted by atomic mass is 19.4. The van der Waals surface area contributed by atoms with Gasteiger partial charge in [-0.15, -0.1) is 0 Å². The molecule has 1 heterocycles. The highest BCUT2D eigenvalue weighted by Gasteiger charge is 2.37. The fraction of sp³-hybridized carbons (Fsp3) is 0.889. The number of piperidine rings is 1. The summed E-state index contributed by atoms with van der Waals surface area (Å²) in [7, 11) is 0. The van der Waals surface area contributed by atoms with Gasteiger partial charge in [-0.1, -0.05) is 6.42 Å². The van der Waals surface area contributed by atoms with Crippen molar-refractivity contribution in [3.8, 4) is 0 Å². The van der Waals surface area contributed by atoms with E-state index in [1.807, 2.05) is 4.90 Å². The van der Waals surface area contributed by atoms with Gasteiger partial charge in [-0.05, 0) is 25.9 Å². The lowest BCUT2D eigenvalue weighted by molar-refractivity contribution is -0.171. The summed E-state index contributed by atoms with van der Waals surface area (Å²) in [4.78, 5) is 12.5. The molecule has 0 aromatic carbocycles. The average Bonchev–Trinajstić information content (AvgIpc) is 2.14. The van der Waals surface area contributed by atoms with Crippen LogP contribution in [0.5, 0.6) is 0 Å². The zero-order chi connectivity index (χ0) is 10.6. The van der Waals surface area contributed by atoms with Crippen LogP contribution >= 0.6 is 0 Å². The second kappa shape index (κ2) is 4.77. The third kappa shape index (κ3) is 3.65. The van der Waals surface area contributed by atoms with Crippen molar-refractivity contribution >= 4 is 5.78 Å². The van der Waals surface area contributed by atoms with E-state index in [2.05, 4.69) is 0 Å². The van der Waals surface area contributed by atoms with Crippen LogP contribution in [0.4, 0.5) is 13.2 Å². The van der Waals surface area contributed by atoms with Gasteiger partial charge in [0.15, 0.2) is 0 Å². The number of alkyl halides is 3. The van der Waals surface area contributed by atoms with Crippen molar-refractivity contribution in [2.24, 2.45) is 0 Å². The lowest BCUT2D eigenvalue weighted by Gasteiger charge is -2.26. The largest absolute Gasteiger partial charge is 0.450 e. The quantitative estimate of drug-likeness (QED) is 0.708. The van der Waals surface area contributed by atoms with Crippen molar-refractivity contribution in [3.63, 3.8) is 0 Å². The van der Waals surface area contributed by atoms with Gasteiger partial charge in [0.05, 0.1) is 0 Å². The summed E-state index contributed by atoms with van der Waals surface area (Å²) in [6, 6.07) is 0. The maximum absolute atomic E-state index is 11.8. The highest BCUT2D eigenvalue weighted by molar-refractivity contribution is 5.84. The first kappa shape index (κ1) is 11.5. The molecule has 0 spiro atoms. The Kier molecular flexibility index (Phi) is 3.92. The molecule has 0 unspecified atom stereocenters. The number of rotatable bonds is 3. The molecule has 14 heavy (non-hydrogen) atoms. The van der Waals surface area contributed by atoms with E-state index in [-0.39, 0.29) is 6.54 Å². The maximum atomic E-state index is 11.8. The molecule has 0 aromatic rings. The summed E-state index contributed by atoms with van der Waals surface area (Å²) < 4.78 is 35.5. The minimum absolute atomic E-state index is 0.248. The molecule has 0 aliphatic carbocycles. The van der Waals surface area contributed by atoms with Crippen LogP contribution in [0.3, 0.4) is 0 Å². The second-order valence-electron chi connectivity index (χ2n) is 3.57. The van der Waals surface area contributed by atoms with Crippen molar-refractivity contribution in [2.75, 3.05) is 19.6 Å². The summed E-state index contributed by atoms with van der Waals surface area (Å²) in [5, 5.41) is 0. The van der Waals surface area contributed by atoms with Gasteiger partial charge in [-0.25, -0.2) is 0 Å². The predicted octanol–water partition coefficient (Wildman–Crippen LogP) is 1.99. The predicted molar refractivity (Wildman–Crippen MR) is 46.0 cm³/mol. The molecular formula is C9H14F3NO. The molecule has 0 saturated carbocycles. The minimum atomic E-state index is -4.66. The Morgan fingerprint density at radius 2 is 1.71 bits per heavy atom. The van der Waals surface area contributed by atoms with Gasteiger partial charge >= 0.3 is 6.18 Å². The molecule has 1 saturated heterocycles. The van der Waals surface area contributed by atoms with Gasteiger partial charge < -0.3 is 4.90 Å². The summed E-state index contributed by atoms with van der Waals surface area (Å²) >= 11 is 0. The number of nitrogens with zero attached hydrogens (tertiary/aromatic N) is 1. The molecule has 1 aliphatic heterocycles. The lowest BCUT2D eigenvalue weighted by Crippen LogP contribution is -2.34. The number of hydrogen-bond donors (Lipinski definition) is 0. The number of carbonyl (C=O) groups is 1.